The van der Waals surface area contributed by atoms with E-state index in [-0.39, 0.29) is 10.5 Å². The lowest BCUT2D eigenvalue weighted by Gasteiger charge is -2.27. The fourth-order valence-corrected chi connectivity index (χ4v) is 6.61. The molecule has 3 aromatic rings. The number of rotatable bonds is 11. The summed E-state index contributed by atoms with van der Waals surface area (Å²) in [5, 5.41) is 5.02. The van der Waals surface area contributed by atoms with E-state index in [1.165, 1.54) is 35.7 Å². The Morgan fingerprint density at radius 1 is 1.00 bits per heavy atom. The predicted octanol–water partition coefficient (Wildman–Crippen LogP) is 8.13. The Morgan fingerprint density at radius 3 is 2.14 bits per heavy atom. The minimum atomic E-state index is -4.64. The first-order chi connectivity index (χ1) is 20.4. The summed E-state index contributed by atoms with van der Waals surface area (Å²) >= 11 is 11.5. The van der Waals surface area contributed by atoms with Gasteiger partial charge in [-0.05, 0) is 99.8 Å². The molecule has 0 saturated heterocycles. The summed E-state index contributed by atoms with van der Waals surface area (Å²) in [6, 6.07) is 9.28. The zero-order valence-electron chi connectivity index (χ0n) is 25.0. The molecule has 0 fully saturated rings. The fourth-order valence-electron chi connectivity index (χ4n) is 3.54. The van der Waals surface area contributed by atoms with Gasteiger partial charge in [0.05, 0.1) is 10.8 Å². The molecule has 1 unspecified atom stereocenters. The van der Waals surface area contributed by atoms with Crippen LogP contribution >= 0.6 is 43.2 Å². The highest BCUT2D eigenvalue weighted by Gasteiger charge is 2.45. The molecule has 1 heterocycles. The molecule has 0 radical (unpaired) electrons. The van der Waals surface area contributed by atoms with E-state index < -0.39 is 61.3 Å². The van der Waals surface area contributed by atoms with Crippen molar-refractivity contribution in [3.63, 3.8) is 0 Å². The SMILES string of the molecule is CC(C)(C)C(=O)OCOP(=O)(OCOC(=O)C(C)(C)C)C(C(=O)N/C=C/c1ccc(S)c(F)c1)c1csc2ccc(Cl)cc12. The molecule has 0 spiro atoms. The van der Waals surface area contributed by atoms with E-state index in [9.17, 15) is 23.3 Å². The van der Waals surface area contributed by atoms with Crippen molar-refractivity contribution in [3.05, 3.63) is 69.9 Å². The van der Waals surface area contributed by atoms with Crippen LogP contribution in [0.2, 0.25) is 5.02 Å². The number of ether oxygens (including phenoxy) is 2. The number of benzene rings is 2. The zero-order valence-corrected chi connectivity index (χ0v) is 28.4. The number of carbonyl (C=O) groups excluding carboxylic acids is 3. The number of hydrogen-bond acceptors (Lipinski definition) is 10. The first-order valence-corrected chi connectivity index (χ1v) is 16.6. The van der Waals surface area contributed by atoms with Crippen molar-refractivity contribution < 1.29 is 41.9 Å². The van der Waals surface area contributed by atoms with Crippen LogP contribution in [-0.4, -0.2) is 31.4 Å². The monoisotopic (exact) mass is 685 g/mol. The van der Waals surface area contributed by atoms with Crippen molar-refractivity contribution in [3.8, 4) is 0 Å². The molecule has 9 nitrogen and oxygen atoms in total. The highest BCUT2D eigenvalue weighted by atomic mass is 35.5. The third-order valence-electron chi connectivity index (χ3n) is 5.97. The Balaban J connectivity index is 2.02. The van der Waals surface area contributed by atoms with Gasteiger partial charge in [0.15, 0.2) is 5.66 Å². The van der Waals surface area contributed by atoms with E-state index >= 15 is 0 Å². The smallest absolute Gasteiger partial charge is 0.353 e. The number of esters is 2. The zero-order chi connectivity index (χ0) is 32.9. The quantitative estimate of drug-likeness (QED) is 0.0900. The fraction of sp³-hybridized carbons (Fsp3) is 0.367. The van der Waals surface area contributed by atoms with Gasteiger partial charge < -0.3 is 14.8 Å². The Hall–Kier alpha value is -2.73. The first-order valence-electron chi connectivity index (χ1n) is 13.3. The molecule has 1 aromatic heterocycles. The molecular formula is C30H34ClFNO8PS2. The topological polar surface area (TPSA) is 117 Å². The van der Waals surface area contributed by atoms with Gasteiger partial charge in [-0.15, -0.1) is 24.0 Å². The highest BCUT2D eigenvalue weighted by molar-refractivity contribution is 7.80. The second kappa shape index (κ2) is 14.6. The van der Waals surface area contributed by atoms with Crippen molar-refractivity contribution in [1.82, 2.24) is 5.32 Å². The Morgan fingerprint density at radius 2 is 1.59 bits per heavy atom. The molecule has 1 amide bonds. The maximum atomic E-state index is 14.6. The molecule has 0 bridgehead atoms. The maximum absolute atomic E-state index is 14.6. The summed E-state index contributed by atoms with van der Waals surface area (Å²) in [7, 11) is -4.64. The van der Waals surface area contributed by atoms with Crippen LogP contribution < -0.4 is 5.32 Å². The number of carbonyl (C=O) groups is 3. The van der Waals surface area contributed by atoms with Crippen molar-refractivity contribution in [2.24, 2.45) is 10.8 Å². The van der Waals surface area contributed by atoms with Gasteiger partial charge in [0.1, 0.15) is 5.82 Å². The van der Waals surface area contributed by atoms with E-state index in [2.05, 4.69) is 17.9 Å². The van der Waals surface area contributed by atoms with Crippen molar-refractivity contribution in [1.29, 1.82) is 0 Å². The summed E-state index contributed by atoms with van der Waals surface area (Å²) in [4.78, 5) is 38.8. The van der Waals surface area contributed by atoms with Crippen LogP contribution in [0.3, 0.4) is 0 Å². The lowest BCUT2D eigenvalue weighted by molar-refractivity contribution is -0.162. The molecule has 1 N–H and O–H groups in total. The van der Waals surface area contributed by atoms with Gasteiger partial charge in [-0.1, -0.05) is 17.7 Å². The molecule has 2 aromatic carbocycles. The van der Waals surface area contributed by atoms with Crippen LogP contribution in [-0.2, 0) is 37.5 Å². The molecule has 238 valence electrons. The van der Waals surface area contributed by atoms with Crippen LogP contribution in [0, 0.1) is 16.6 Å². The largest absolute Gasteiger partial charge is 0.438 e. The molecular weight excluding hydrogens is 652 g/mol. The summed E-state index contributed by atoms with van der Waals surface area (Å²) in [6.45, 7) is 8.09. The predicted molar refractivity (Wildman–Crippen MR) is 171 cm³/mol. The van der Waals surface area contributed by atoms with E-state index in [1.807, 2.05) is 0 Å². The molecule has 0 aliphatic rings. The number of halogens is 2. The van der Waals surface area contributed by atoms with Gasteiger partial charge in [-0.25, -0.2) is 4.39 Å². The van der Waals surface area contributed by atoms with Gasteiger partial charge in [0.2, 0.25) is 19.5 Å². The van der Waals surface area contributed by atoms with Gasteiger partial charge in [-0.3, -0.25) is 28.0 Å². The molecule has 3 rings (SSSR count). The van der Waals surface area contributed by atoms with Crippen molar-refractivity contribution in [2.45, 2.75) is 52.1 Å². The van der Waals surface area contributed by atoms with Crippen LogP contribution in [0.5, 0.6) is 0 Å². The normalized spacial score (nSPS) is 13.2. The number of hydrogen-bond donors (Lipinski definition) is 2. The second-order valence-electron chi connectivity index (χ2n) is 11.7. The van der Waals surface area contributed by atoms with E-state index in [0.29, 0.717) is 16.0 Å². The van der Waals surface area contributed by atoms with Crippen LogP contribution in [0.15, 0.2) is 52.9 Å². The summed E-state index contributed by atoms with van der Waals surface area (Å²) in [6.07, 6.45) is 2.67. The minimum absolute atomic E-state index is 0.156. The lowest BCUT2D eigenvalue weighted by atomic mass is 9.98. The average Bonchev–Trinajstić information content (AvgIpc) is 3.32. The Labute approximate surface area is 270 Å². The lowest BCUT2D eigenvalue weighted by Crippen LogP contribution is -2.29. The maximum Gasteiger partial charge on any atom is 0.353 e. The van der Waals surface area contributed by atoms with Crippen molar-refractivity contribution in [2.75, 3.05) is 13.6 Å². The van der Waals surface area contributed by atoms with Gasteiger partial charge in [0.25, 0.3) is 0 Å². The van der Waals surface area contributed by atoms with E-state index in [4.69, 9.17) is 30.1 Å². The molecule has 0 aliphatic carbocycles. The third-order valence-corrected chi connectivity index (χ3v) is 9.62. The molecule has 0 aliphatic heterocycles. The number of fused-ring (bicyclic) bond motifs is 1. The number of amides is 1. The van der Waals surface area contributed by atoms with Crippen LogP contribution in [0.25, 0.3) is 16.2 Å². The second-order valence-corrected chi connectivity index (χ2v) is 15.6. The highest BCUT2D eigenvalue weighted by Crippen LogP contribution is 2.62. The standard InChI is InChI=1S/C30H34ClFNO8PS2/c1-29(2,3)27(35)38-16-40-42(37,41-17-39-28(36)30(4,5)6)25(21-15-44-24-10-8-19(31)14-20(21)24)26(34)33-12-11-18-7-9-23(43)22(32)13-18/h7-15,25,43H,16-17H2,1-6H3,(H,33,34)/b12-11+. The van der Waals surface area contributed by atoms with Crippen LogP contribution in [0.4, 0.5) is 4.39 Å². The van der Waals surface area contributed by atoms with E-state index in [0.717, 1.165) is 4.70 Å². The van der Waals surface area contributed by atoms with Gasteiger partial charge in [-0.2, -0.15) is 0 Å². The van der Waals surface area contributed by atoms with Gasteiger partial charge >= 0.3 is 19.5 Å². The molecule has 14 heteroatoms. The van der Waals surface area contributed by atoms with Gasteiger partial charge in [0, 0.05) is 20.8 Å². The summed E-state index contributed by atoms with van der Waals surface area (Å²) in [5.41, 5.74) is -2.77. The summed E-state index contributed by atoms with van der Waals surface area (Å²) in [5.74, 6) is -2.69. The summed E-state index contributed by atoms with van der Waals surface area (Å²) < 4.78 is 50.7. The average molecular weight is 686 g/mol. The Kier molecular flexibility index (Phi) is 11.8. The molecule has 1 atom stereocenters. The number of nitrogens with one attached hydrogen (secondary N) is 1. The minimum Gasteiger partial charge on any atom is -0.438 e. The molecule has 0 saturated carbocycles. The number of thiophene rings is 1. The Bertz CT molecular complexity index is 1580. The van der Waals surface area contributed by atoms with E-state index in [1.54, 1.807) is 71.2 Å². The van der Waals surface area contributed by atoms with Crippen molar-refractivity contribution >= 4 is 77.2 Å². The molecule has 44 heavy (non-hydrogen) atoms. The van der Waals surface area contributed by atoms with Crippen LogP contribution in [0.1, 0.15) is 58.3 Å². The third kappa shape index (κ3) is 9.39. The number of thiol groups is 1. The first kappa shape index (κ1) is 35.7.